The zero-order valence-electron chi connectivity index (χ0n) is 6.76. The molecule has 0 aromatic heterocycles. The van der Waals surface area contributed by atoms with Gasteiger partial charge in [0.05, 0.1) is 11.3 Å². The predicted molar refractivity (Wildman–Crippen MR) is 47.6 cm³/mol. The van der Waals surface area contributed by atoms with Crippen LogP contribution in [0.3, 0.4) is 0 Å². The lowest BCUT2D eigenvalue weighted by Gasteiger charge is -2.14. The number of hydrogen-bond donors (Lipinski definition) is 0. The van der Waals surface area contributed by atoms with Gasteiger partial charge in [-0.15, -0.1) is 0 Å². The van der Waals surface area contributed by atoms with Crippen LogP contribution in [0.2, 0.25) is 0 Å². The Labute approximate surface area is 82.8 Å². The quantitative estimate of drug-likeness (QED) is 0.385. The van der Waals surface area contributed by atoms with Crippen LogP contribution in [0.15, 0.2) is 28.4 Å². The number of nitrogens with zero attached hydrogens (tertiary/aromatic N) is 1. The van der Waals surface area contributed by atoms with Crippen LogP contribution in [0.4, 0.5) is 13.2 Å². The summed E-state index contributed by atoms with van der Waals surface area (Å²) in [5.74, 6) is 0. The third-order valence-electron chi connectivity index (χ3n) is 1.55. The van der Waals surface area contributed by atoms with E-state index in [-0.39, 0.29) is 11.3 Å². The zero-order valence-corrected chi connectivity index (χ0v) is 7.58. The van der Waals surface area contributed by atoms with E-state index in [4.69, 9.17) is 0 Å². The zero-order chi connectivity index (χ0) is 10.8. The first-order valence-electron chi connectivity index (χ1n) is 3.55. The highest BCUT2D eigenvalue weighted by Crippen LogP contribution is 2.34. The Bertz CT molecular complexity index is 375. The maximum absolute atomic E-state index is 12.3. The van der Waals surface area contributed by atoms with E-state index in [1.54, 1.807) is 0 Å². The molecular weight excluding hydrogens is 215 g/mol. The summed E-state index contributed by atoms with van der Waals surface area (Å²) in [5.41, 5.74) is -1.40. The Morgan fingerprint density at radius 3 is 2.64 bits per heavy atom. The summed E-state index contributed by atoms with van der Waals surface area (Å²) >= 11 is 4.63. The maximum atomic E-state index is 12.3. The van der Waals surface area contributed by atoms with Gasteiger partial charge in [-0.3, -0.25) is 0 Å². The molecule has 74 valence electrons. The molecule has 1 rings (SSSR count). The van der Waals surface area contributed by atoms with E-state index in [1.807, 2.05) is 0 Å². The highest BCUT2D eigenvalue weighted by molar-refractivity contribution is 7.80. The van der Waals surface area contributed by atoms with Gasteiger partial charge in [0.25, 0.3) is 0 Å². The summed E-state index contributed by atoms with van der Waals surface area (Å²) in [7, 11) is 0. The number of allylic oxidation sites excluding steroid dienone is 3. The number of halogens is 3. The smallest absolute Gasteiger partial charge is 0.211 e. The van der Waals surface area contributed by atoms with Gasteiger partial charge in [-0.25, -0.2) is 4.79 Å². The van der Waals surface area contributed by atoms with Crippen LogP contribution in [0, 0.1) is 0 Å². The van der Waals surface area contributed by atoms with Gasteiger partial charge in [-0.2, -0.15) is 18.2 Å². The average molecular weight is 219 g/mol. The van der Waals surface area contributed by atoms with Crippen molar-refractivity contribution in [2.75, 3.05) is 0 Å². The molecular formula is C8H4F3NOS. The number of alkyl halides is 3. The van der Waals surface area contributed by atoms with Crippen LogP contribution < -0.4 is 0 Å². The summed E-state index contributed by atoms with van der Waals surface area (Å²) in [6.45, 7) is 0. The van der Waals surface area contributed by atoms with Gasteiger partial charge in [0, 0.05) is 11.3 Å². The van der Waals surface area contributed by atoms with E-state index in [1.165, 1.54) is 0 Å². The third kappa shape index (κ3) is 2.37. The number of carbonyl (C=O) groups excluding carboxylic acids is 1. The van der Waals surface area contributed by atoms with Crippen molar-refractivity contribution >= 4 is 23.2 Å². The van der Waals surface area contributed by atoms with E-state index in [9.17, 15) is 18.0 Å². The normalized spacial score (nSPS) is 16.9. The molecule has 1 aliphatic rings. The Hall–Kier alpha value is -1.26. The van der Waals surface area contributed by atoms with Crippen LogP contribution in [0.5, 0.6) is 0 Å². The largest absolute Gasteiger partial charge is 0.418 e. The lowest BCUT2D eigenvalue weighted by molar-refractivity contribution is -0.0893. The molecule has 6 heteroatoms. The minimum atomic E-state index is -4.54. The minimum absolute atomic E-state index is 0.169. The molecule has 0 saturated carbocycles. The average Bonchev–Trinajstić information content (AvgIpc) is 2.07. The van der Waals surface area contributed by atoms with Gasteiger partial charge < -0.3 is 0 Å². The Morgan fingerprint density at radius 2 is 2.14 bits per heavy atom. The molecule has 0 N–H and O–H groups in total. The second kappa shape index (κ2) is 3.86. The Morgan fingerprint density at radius 1 is 1.50 bits per heavy atom. The molecule has 0 aromatic rings. The van der Waals surface area contributed by atoms with Crippen LogP contribution in [0.25, 0.3) is 0 Å². The fourth-order valence-electron chi connectivity index (χ4n) is 0.983. The molecule has 0 aliphatic heterocycles. The van der Waals surface area contributed by atoms with Crippen molar-refractivity contribution in [2.45, 2.75) is 12.6 Å². The molecule has 0 amide bonds. The first-order valence-corrected chi connectivity index (χ1v) is 3.96. The summed E-state index contributed by atoms with van der Waals surface area (Å²) < 4.78 is 37.0. The lowest BCUT2D eigenvalue weighted by atomic mass is 10.0. The molecule has 0 heterocycles. The molecule has 0 aromatic carbocycles. The van der Waals surface area contributed by atoms with Gasteiger partial charge in [0.1, 0.15) is 0 Å². The van der Waals surface area contributed by atoms with Gasteiger partial charge in [0.2, 0.25) is 6.08 Å². The van der Waals surface area contributed by atoms with E-state index in [0.717, 1.165) is 18.2 Å². The number of thiocarbonyl (C=S) groups is 1. The first-order chi connectivity index (χ1) is 6.45. The summed E-state index contributed by atoms with van der Waals surface area (Å²) in [6.07, 6.45) is -1.30. The second-order valence-electron chi connectivity index (χ2n) is 2.52. The SMILES string of the molecule is O=C=NC1=CCC(=S)C=C1C(F)(F)F. The van der Waals surface area contributed by atoms with Crippen LogP contribution >= 0.6 is 12.2 Å². The molecule has 0 spiro atoms. The van der Waals surface area contributed by atoms with Crippen LogP contribution in [0.1, 0.15) is 6.42 Å². The molecule has 0 radical (unpaired) electrons. The molecule has 0 fully saturated rings. The number of aliphatic imine (C=N–C) groups is 1. The standard InChI is InChI=1S/C8H4F3NOS/c9-8(10,11)6-3-5(14)1-2-7(6)12-4-13/h2-3H,1H2. The van der Waals surface area contributed by atoms with Crippen molar-refractivity contribution in [1.29, 1.82) is 0 Å². The van der Waals surface area contributed by atoms with Crippen molar-refractivity contribution in [3.05, 3.63) is 23.4 Å². The summed E-state index contributed by atoms with van der Waals surface area (Å²) in [6, 6.07) is 0. The van der Waals surface area contributed by atoms with Crippen molar-refractivity contribution in [3.8, 4) is 0 Å². The van der Waals surface area contributed by atoms with Gasteiger partial charge >= 0.3 is 6.18 Å². The molecule has 0 unspecified atom stereocenters. The summed E-state index contributed by atoms with van der Waals surface area (Å²) in [5, 5.41) is 0. The van der Waals surface area contributed by atoms with E-state index >= 15 is 0 Å². The highest BCUT2D eigenvalue weighted by Gasteiger charge is 2.37. The van der Waals surface area contributed by atoms with Crippen LogP contribution in [-0.2, 0) is 4.79 Å². The van der Waals surface area contributed by atoms with Crippen molar-refractivity contribution < 1.29 is 18.0 Å². The fourth-order valence-corrected chi connectivity index (χ4v) is 1.18. The van der Waals surface area contributed by atoms with Crippen molar-refractivity contribution in [3.63, 3.8) is 0 Å². The summed E-state index contributed by atoms with van der Waals surface area (Å²) in [4.78, 5) is 13.0. The van der Waals surface area contributed by atoms with Gasteiger partial charge in [-0.05, 0) is 6.08 Å². The number of rotatable bonds is 1. The topological polar surface area (TPSA) is 29.4 Å². The first kappa shape index (κ1) is 10.8. The third-order valence-corrected chi connectivity index (χ3v) is 1.83. The molecule has 0 atom stereocenters. The molecule has 0 saturated heterocycles. The minimum Gasteiger partial charge on any atom is -0.211 e. The molecule has 2 nitrogen and oxygen atoms in total. The fraction of sp³-hybridized carbons (Fsp3) is 0.250. The maximum Gasteiger partial charge on any atom is 0.418 e. The van der Waals surface area contributed by atoms with Crippen molar-refractivity contribution in [1.82, 2.24) is 0 Å². The molecule has 14 heavy (non-hydrogen) atoms. The highest BCUT2D eigenvalue weighted by atomic mass is 32.1. The Balaban J connectivity index is 3.15. The van der Waals surface area contributed by atoms with Gasteiger partial charge in [0.15, 0.2) is 0 Å². The number of hydrogen-bond acceptors (Lipinski definition) is 3. The van der Waals surface area contributed by atoms with E-state index in [0.29, 0.717) is 0 Å². The van der Waals surface area contributed by atoms with E-state index in [2.05, 4.69) is 17.2 Å². The van der Waals surface area contributed by atoms with Crippen LogP contribution in [-0.4, -0.2) is 17.1 Å². The van der Waals surface area contributed by atoms with Gasteiger partial charge in [-0.1, -0.05) is 18.3 Å². The van der Waals surface area contributed by atoms with Crippen molar-refractivity contribution in [2.24, 2.45) is 4.99 Å². The monoisotopic (exact) mass is 219 g/mol. The van der Waals surface area contributed by atoms with E-state index < -0.39 is 17.4 Å². The lowest BCUT2D eigenvalue weighted by Crippen LogP contribution is -2.17. The molecule has 0 bridgehead atoms. The Kier molecular flexibility index (Phi) is 2.98. The second-order valence-corrected chi connectivity index (χ2v) is 3.04. The molecule has 1 aliphatic carbocycles. The number of isocyanates is 1. The predicted octanol–water partition coefficient (Wildman–Crippen LogP) is 2.47.